The number of hydrogen-bond donors (Lipinski definition) is 2. The number of aromatic nitrogens is 4. The Morgan fingerprint density at radius 3 is 2.82 bits per heavy atom. The lowest BCUT2D eigenvalue weighted by Gasteiger charge is -2.11. The molecule has 0 aliphatic heterocycles. The fraction of sp³-hybridized carbons (Fsp3) is 0.154. The Morgan fingerprint density at radius 1 is 1.32 bits per heavy atom. The van der Waals surface area contributed by atoms with E-state index in [9.17, 15) is 15.2 Å². The Labute approximate surface area is 124 Å². The normalized spacial score (nSPS) is 12.2. The molecule has 3 rings (SSSR count). The molecule has 0 saturated carbocycles. The van der Waals surface area contributed by atoms with Crippen LogP contribution in [0.3, 0.4) is 0 Å². The molecule has 1 atom stereocenters. The van der Waals surface area contributed by atoms with Crippen molar-refractivity contribution in [2.45, 2.75) is 6.10 Å². The maximum atomic E-state index is 10.9. The van der Waals surface area contributed by atoms with Gasteiger partial charge in [-0.05, 0) is 28.7 Å². The summed E-state index contributed by atoms with van der Waals surface area (Å²) in [5.41, 5.74) is 1.10. The number of aliphatic hydroxyl groups excluding tert-OH is 1. The number of aliphatic hydroxyl groups is 1. The van der Waals surface area contributed by atoms with Crippen LogP contribution in [0.25, 0.3) is 5.65 Å². The predicted octanol–water partition coefficient (Wildman–Crippen LogP) is 1.18. The van der Waals surface area contributed by atoms with Gasteiger partial charge in [-0.3, -0.25) is 4.98 Å². The van der Waals surface area contributed by atoms with Crippen LogP contribution in [0.15, 0.2) is 42.9 Å². The highest BCUT2D eigenvalue weighted by Gasteiger charge is 2.16. The summed E-state index contributed by atoms with van der Waals surface area (Å²) in [5.74, 6) is 0.190. The molecule has 9 heteroatoms. The maximum absolute atomic E-state index is 10.9. The Bertz CT molecular complexity index is 804. The van der Waals surface area contributed by atoms with Crippen molar-refractivity contribution in [3.63, 3.8) is 0 Å². The molecule has 0 aliphatic carbocycles. The Hall–Kier alpha value is -3.07. The number of hydrogen-bond acceptors (Lipinski definition) is 7. The fourth-order valence-corrected chi connectivity index (χ4v) is 1.98. The Kier molecular flexibility index (Phi) is 3.62. The third-order valence-electron chi connectivity index (χ3n) is 3.10. The second-order valence-corrected chi connectivity index (χ2v) is 4.54. The zero-order valence-electron chi connectivity index (χ0n) is 11.3. The molecule has 0 saturated heterocycles. The summed E-state index contributed by atoms with van der Waals surface area (Å²) in [7, 11) is 0. The van der Waals surface area contributed by atoms with Crippen LogP contribution in [0, 0.1) is 10.1 Å². The summed E-state index contributed by atoms with van der Waals surface area (Å²) >= 11 is 0. The van der Waals surface area contributed by atoms with Gasteiger partial charge in [-0.25, -0.2) is 4.98 Å². The van der Waals surface area contributed by atoms with Crippen LogP contribution in [0.2, 0.25) is 0 Å². The number of nitrogens with zero attached hydrogens (tertiary/aromatic N) is 5. The van der Waals surface area contributed by atoms with Gasteiger partial charge in [0.1, 0.15) is 6.20 Å². The number of anilines is 1. The SMILES string of the molecule is O=[N+]([O-])c1cnc2ccc(NCC(O)c3ccncc3)nn12. The molecule has 3 aromatic heterocycles. The topological polar surface area (TPSA) is 118 Å². The lowest BCUT2D eigenvalue weighted by molar-refractivity contribution is -0.391. The van der Waals surface area contributed by atoms with Crippen molar-refractivity contribution in [2.75, 3.05) is 11.9 Å². The average molecular weight is 300 g/mol. The molecule has 0 amide bonds. The highest BCUT2D eigenvalue weighted by atomic mass is 16.6. The van der Waals surface area contributed by atoms with E-state index in [1.807, 2.05) is 0 Å². The largest absolute Gasteiger partial charge is 0.387 e. The number of nitro groups is 1. The van der Waals surface area contributed by atoms with Gasteiger partial charge < -0.3 is 20.5 Å². The van der Waals surface area contributed by atoms with E-state index in [4.69, 9.17) is 0 Å². The van der Waals surface area contributed by atoms with Gasteiger partial charge in [0.2, 0.25) is 5.65 Å². The lowest BCUT2D eigenvalue weighted by Crippen LogP contribution is -2.14. The Morgan fingerprint density at radius 2 is 2.09 bits per heavy atom. The molecule has 22 heavy (non-hydrogen) atoms. The summed E-state index contributed by atoms with van der Waals surface area (Å²) in [6.45, 7) is 0.213. The minimum atomic E-state index is -0.738. The number of rotatable bonds is 5. The first-order valence-electron chi connectivity index (χ1n) is 6.46. The molecule has 0 spiro atoms. The van der Waals surface area contributed by atoms with Gasteiger partial charge in [0.05, 0.1) is 6.10 Å². The highest BCUT2D eigenvalue weighted by Crippen LogP contribution is 2.16. The van der Waals surface area contributed by atoms with E-state index in [0.29, 0.717) is 11.5 Å². The Balaban J connectivity index is 1.77. The molecule has 112 valence electrons. The summed E-state index contributed by atoms with van der Waals surface area (Å²) < 4.78 is 1.14. The summed E-state index contributed by atoms with van der Waals surface area (Å²) in [6.07, 6.45) is 3.60. The lowest BCUT2D eigenvalue weighted by atomic mass is 10.1. The highest BCUT2D eigenvalue weighted by molar-refractivity contribution is 5.48. The van der Waals surface area contributed by atoms with E-state index >= 15 is 0 Å². The van der Waals surface area contributed by atoms with Crippen molar-refractivity contribution in [1.29, 1.82) is 0 Å². The van der Waals surface area contributed by atoms with Gasteiger partial charge in [-0.15, -0.1) is 0 Å². The molecule has 0 aromatic carbocycles. The molecular weight excluding hydrogens is 288 g/mol. The van der Waals surface area contributed by atoms with E-state index in [2.05, 4.69) is 20.4 Å². The molecule has 0 aliphatic rings. The third-order valence-corrected chi connectivity index (χ3v) is 3.10. The molecule has 3 heterocycles. The standard InChI is InChI=1S/C13H12N6O3/c20-10(9-3-5-14-6-4-9)7-15-11-1-2-12-16-8-13(19(21)22)18(12)17-11/h1-6,8,10,20H,7H2,(H,15,17). The van der Waals surface area contributed by atoms with Crippen molar-refractivity contribution in [1.82, 2.24) is 19.6 Å². The average Bonchev–Trinajstić information content (AvgIpc) is 2.96. The first-order valence-corrected chi connectivity index (χ1v) is 6.46. The minimum absolute atomic E-state index is 0.213. The monoisotopic (exact) mass is 300 g/mol. The van der Waals surface area contributed by atoms with E-state index in [1.165, 1.54) is 0 Å². The van der Waals surface area contributed by atoms with E-state index in [0.717, 1.165) is 16.3 Å². The van der Waals surface area contributed by atoms with Gasteiger partial charge in [0.25, 0.3) is 0 Å². The number of pyridine rings is 1. The van der Waals surface area contributed by atoms with Crippen LogP contribution in [-0.4, -0.2) is 36.2 Å². The number of fused-ring (bicyclic) bond motifs is 1. The summed E-state index contributed by atoms with van der Waals surface area (Å²) in [4.78, 5) is 18.1. The van der Waals surface area contributed by atoms with E-state index in [1.54, 1.807) is 36.7 Å². The van der Waals surface area contributed by atoms with Crippen molar-refractivity contribution in [3.8, 4) is 0 Å². The number of imidazole rings is 1. The van der Waals surface area contributed by atoms with Gasteiger partial charge in [-0.1, -0.05) is 9.61 Å². The second kappa shape index (κ2) is 5.74. The second-order valence-electron chi connectivity index (χ2n) is 4.54. The van der Waals surface area contributed by atoms with E-state index in [-0.39, 0.29) is 12.4 Å². The van der Waals surface area contributed by atoms with Gasteiger partial charge >= 0.3 is 5.82 Å². The van der Waals surface area contributed by atoms with Crippen LogP contribution < -0.4 is 5.32 Å². The molecule has 0 radical (unpaired) electrons. The quantitative estimate of drug-likeness (QED) is 0.536. The van der Waals surface area contributed by atoms with Crippen molar-refractivity contribution in [3.05, 3.63) is 58.5 Å². The van der Waals surface area contributed by atoms with Crippen LogP contribution >= 0.6 is 0 Å². The van der Waals surface area contributed by atoms with E-state index < -0.39 is 11.0 Å². The molecule has 2 N–H and O–H groups in total. The molecule has 9 nitrogen and oxygen atoms in total. The van der Waals surface area contributed by atoms with Crippen molar-refractivity contribution in [2.24, 2.45) is 0 Å². The molecule has 0 fully saturated rings. The van der Waals surface area contributed by atoms with Crippen molar-refractivity contribution >= 4 is 17.3 Å². The van der Waals surface area contributed by atoms with Gasteiger partial charge in [-0.2, -0.15) is 0 Å². The molecule has 1 unspecified atom stereocenters. The first kappa shape index (κ1) is 13.9. The predicted molar refractivity (Wildman–Crippen MR) is 77.3 cm³/mol. The van der Waals surface area contributed by atoms with Crippen LogP contribution in [-0.2, 0) is 0 Å². The summed E-state index contributed by atoms with van der Waals surface area (Å²) in [6, 6.07) is 6.68. The van der Waals surface area contributed by atoms with Crippen LogP contribution in [0.4, 0.5) is 11.6 Å². The van der Waals surface area contributed by atoms with Crippen LogP contribution in [0.5, 0.6) is 0 Å². The maximum Gasteiger partial charge on any atom is 0.368 e. The summed E-state index contributed by atoms with van der Waals surface area (Å²) in [5, 5.41) is 28.0. The molecular formula is C13H12N6O3. The fourth-order valence-electron chi connectivity index (χ4n) is 1.98. The smallest absolute Gasteiger partial charge is 0.368 e. The number of nitrogens with one attached hydrogen (secondary N) is 1. The molecule has 0 bridgehead atoms. The minimum Gasteiger partial charge on any atom is -0.387 e. The third kappa shape index (κ3) is 2.69. The van der Waals surface area contributed by atoms with Gasteiger partial charge in [0.15, 0.2) is 5.82 Å². The van der Waals surface area contributed by atoms with Crippen molar-refractivity contribution < 1.29 is 10.0 Å². The zero-order chi connectivity index (χ0) is 15.5. The zero-order valence-corrected chi connectivity index (χ0v) is 11.3. The molecule has 3 aromatic rings. The van der Waals surface area contributed by atoms with Gasteiger partial charge in [0, 0.05) is 25.0 Å². The van der Waals surface area contributed by atoms with Crippen LogP contribution in [0.1, 0.15) is 11.7 Å². The first-order chi connectivity index (χ1) is 10.6.